The zero-order chi connectivity index (χ0) is 27.1. The number of rotatable bonds is 8. The number of aromatic nitrogens is 1. The molecule has 0 unspecified atom stereocenters. The smallest absolute Gasteiger partial charge is 0.335 e. The highest BCUT2D eigenvalue weighted by atomic mass is 16.5. The van der Waals surface area contributed by atoms with Crippen LogP contribution in [0.25, 0.3) is 0 Å². The fourth-order valence-electron chi connectivity index (χ4n) is 4.17. The predicted molar refractivity (Wildman–Crippen MR) is 141 cm³/mol. The van der Waals surface area contributed by atoms with Crippen molar-refractivity contribution in [3.63, 3.8) is 0 Å². The summed E-state index contributed by atoms with van der Waals surface area (Å²) in [6.45, 7) is 5.72. The van der Waals surface area contributed by atoms with Gasteiger partial charge in [-0.05, 0) is 51.8 Å². The third-order valence-electron chi connectivity index (χ3n) is 6.27. The first-order valence-corrected chi connectivity index (χ1v) is 12.3. The summed E-state index contributed by atoms with van der Waals surface area (Å²) in [7, 11) is 5.81. The van der Waals surface area contributed by atoms with E-state index in [0.717, 1.165) is 5.56 Å². The van der Waals surface area contributed by atoms with E-state index in [0.29, 0.717) is 37.3 Å². The molecule has 1 aromatic heterocycles. The number of aromatic carboxylic acids is 1. The van der Waals surface area contributed by atoms with Crippen molar-refractivity contribution in [1.29, 1.82) is 0 Å². The van der Waals surface area contributed by atoms with Gasteiger partial charge < -0.3 is 19.8 Å². The van der Waals surface area contributed by atoms with Gasteiger partial charge in [-0.2, -0.15) is 0 Å². The van der Waals surface area contributed by atoms with E-state index < -0.39 is 5.97 Å². The van der Waals surface area contributed by atoms with Gasteiger partial charge in [-0.1, -0.05) is 30.9 Å². The Hall–Kier alpha value is -3.45. The molecule has 1 aromatic carbocycles. The molecule has 0 fully saturated rings. The number of benzene rings is 1. The van der Waals surface area contributed by atoms with Crippen LogP contribution in [0.15, 0.2) is 36.5 Å². The standard InChI is InChI=1S/C28H36N4O5/c1-19-15-32(20(2)18-33)27(34)24-13-21(9-7-11-30(3)4)14-29-26(24)37-25(19)17-31(5)16-22-8-6-10-23(12-22)28(35)36/h6,8,10,12-14,19-20,25,33H,11,15-18H2,1-5H3,(H,35,36)/t19-,20-,25+/m1/s1. The number of carbonyl (C=O) groups is 2. The van der Waals surface area contributed by atoms with E-state index in [4.69, 9.17) is 4.74 Å². The molecule has 0 saturated heterocycles. The molecule has 3 atom stereocenters. The summed E-state index contributed by atoms with van der Waals surface area (Å²) in [5.41, 5.74) is 2.07. The Kier molecular flexibility index (Phi) is 9.64. The van der Waals surface area contributed by atoms with E-state index in [1.54, 1.807) is 35.4 Å². The van der Waals surface area contributed by atoms with Gasteiger partial charge >= 0.3 is 5.97 Å². The van der Waals surface area contributed by atoms with Crippen LogP contribution in [0, 0.1) is 17.8 Å². The molecule has 1 amide bonds. The first kappa shape index (κ1) is 28.1. The summed E-state index contributed by atoms with van der Waals surface area (Å²) in [6, 6.07) is 8.20. The molecule has 198 valence electrons. The Bertz CT molecular complexity index is 1170. The average Bonchev–Trinajstić information content (AvgIpc) is 2.85. The number of pyridine rings is 1. The molecule has 37 heavy (non-hydrogen) atoms. The predicted octanol–water partition coefficient (Wildman–Crippen LogP) is 2.04. The summed E-state index contributed by atoms with van der Waals surface area (Å²) < 4.78 is 6.34. The first-order valence-electron chi connectivity index (χ1n) is 12.3. The third kappa shape index (κ3) is 7.52. The van der Waals surface area contributed by atoms with Crippen LogP contribution in [0.3, 0.4) is 0 Å². The third-order valence-corrected chi connectivity index (χ3v) is 6.27. The largest absolute Gasteiger partial charge is 0.478 e. The number of carboxylic acids is 1. The SMILES string of the molecule is C[C@@H]1CN([C@H](C)CO)C(=O)c2cc(C#CCN(C)C)cnc2O[C@H]1CN(C)Cc1cccc(C(=O)O)c1. The minimum atomic E-state index is -0.960. The zero-order valence-electron chi connectivity index (χ0n) is 22.1. The fourth-order valence-corrected chi connectivity index (χ4v) is 4.17. The first-order chi connectivity index (χ1) is 17.6. The van der Waals surface area contributed by atoms with Crippen molar-refractivity contribution >= 4 is 11.9 Å². The quantitative estimate of drug-likeness (QED) is 0.522. The van der Waals surface area contributed by atoms with Crippen LogP contribution in [-0.2, 0) is 6.54 Å². The second kappa shape index (κ2) is 12.7. The molecule has 3 rings (SSSR count). The van der Waals surface area contributed by atoms with Crippen LogP contribution < -0.4 is 4.74 Å². The fraction of sp³-hybridized carbons (Fsp3) is 0.464. The van der Waals surface area contributed by atoms with Gasteiger partial charge in [0.15, 0.2) is 0 Å². The van der Waals surface area contributed by atoms with Gasteiger partial charge in [0.1, 0.15) is 11.7 Å². The highest BCUT2D eigenvalue weighted by Gasteiger charge is 2.34. The van der Waals surface area contributed by atoms with Crippen molar-refractivity contribution in [3.8, 4) is 17.7 Å². The molecule has 1 aliphatic rings. The Morgan fingerprint density at radius 1 is 1.30 bits per heavy atom. The van der Waals surface area contributed by atoms with Crippen LogP contribution in [0.1, 0.15) is 45.7 Å². The molecule has 0 radical (unpaired) electrons. The number of ether oxygens (including phenoxy) is 1. The van der Waals surface area contributed by atoms with Gasteiger partial charge in [-0.15, -0.1) is 0 Å². The van der Waals surface area contributed by atoms with E-state index in [2.05, 4.69) is 21.7 Å². The number of fused-ring (bicyclic) bond motifs is 1. The maximum atomic E-state index is 13.5. The molecule has 0 bridgehead atoms. The van der Waals surface area contributed by atoms with Crippen LogP contribution in [-0.4, -0.2) is 101 Å². The average molecular weight is 509 g/mol. The minimum Gasteiger partial charge on any atom is -0.478 e. The van der Waals surface area contributed by atoms with Crippen LogP contribution in [0.5, 0.6) is 5.88 Å². The highest BCUT2D eigenvalue weighted by molar-refractivity contribution is 5.97. The molecule has 2 heterocycles. The van der Waals surface area contributed by atoms with Crippen LogP contribution in [0.2, 0.25) is 0 Å². The Morgan fingerprint density at radius 2 is 2.05 bits per heavy atom. The molecule has 1 aliphatic heterocycles. The summed E-state index contributed by atoms with van der Waals surface area (Å²) in [4.78, 5) is 35.0. The van der Waals surface area contributed by atoms with Crippen LogP contribution >= 0.6 is 0 Å². The number of carbonyl (C=O) groups excluding carboxylic acids is 1. The molecule has 9 nitrogen and oxygen atoms in total. The van der Waals surface area contributed by atoms with E-state index in [1.807, 2.05) is 46.0 Å². The molecule has 0 saturated carbocycles. The second-order valence-corrected chi connectivity index (χ2v) is 9.94. The summed E-state index contributed by atoms with van der Waals surface area (Å²) in [5, 5.41) is 19.1. The Labute approximate surface area is 218 Å². The highest BCUT2D eigenvalue weighted by Crippen LogP contribution is 2.27. The molecule has 0 aliphatic carbocycles. The lowest BCUT2D eigenvalue weighted by atomic mass is 9.99. The monoisotopic (exact) mass is 508 g/mol. The van der Waals surface area contributed by atoms with Gasteiger partial charge in [-0.3, -0.25) is 14.6 Å². The molecular formula is C28H36N4O5. The number of aliphatic hydroxyl groups excluding tert-OH is 1. The topological polar surface area (TPSA) is 106 Å². The summed E-state index contributed by atoms with van der Waals surface area (Å²) >= 11 is 0. The number of aliphatic hydroxyl groups is 1. The molecule has 2 N–H and O–H groups in total. The molecule has 0 spiro atoms. The van der Waals surface area contributed by atoms with Gasteiger partial charge in [-0.25, -0.2) is 9.78 Å². The number of likely N-dealkylation sites (N-methyl/N-ethyl adjacent to an activating group) is 1. The van der Waals surface area contributed by atoms with Crippen molar-refractivity contribution in [2.45, 2.75) is 32.5 Å². The molecule has 9 heteroatoms. The lowest BCUT2D eigenvalue weighted by Gasteiger charge is -2.37. The lowest BCUT2D eigenvalue weighted by molar-refractivity contribution is 0.0324. The van der Waals surface area contributed by atoms with E-state index in [9.17, 15) is 19.8 Å². The maximum Gasteiger partial charge on any atom is 0.335 e. The van der Waals surface area contributed by atoms with Crippen molar-refractivity contribution in [2.24, 2.45) is 5.92 Å². The van der Waals surface area contributed by atoms with Crippen molar-refractivity contribution in [1.82, 2.24) is 19.7 Å². The normalized spacial score (nSPS) is 18.4. The molecule has 2 aromatic rings. The van der Waals surface area contributed by atoms with Crippen molar-refractivity contribution < 1.29 is 24.5 Å². The van der Waals surface area contributed by atoms with Gasteiger partial charge in [0.2, 0.25) is 5.88 Å². The van der Waals surface area contributed by atoms with Gasteiger partial charge in [0, 0.05) is 37.3 Å². The Morgan fingerprint density at radius 3 is 2.73 bits per heavy atom. The second-order valence-electron chi connectivity index (χ2n) is 9.94. The maximum absolute atomic E-state index is 13.5. The Balaban J connectivity index is 1.88. The van der Waals surface area contributed by atoms with Crippen molar-refractivity contribution in [2.75, 3.05) is 47.4 Å². The van der Waals surface area contributed by atoms with Gasteiger partial charge in [0.25, 0.3) is 5.91 Å². The zero-order valence-corrected chi connectivity index (χ0v) is 22.1. The van der Waals surface area contributed by atoms with Gasteiger partial charge in [0.05, 0.1) is 24.8 Å². The van der Waals surface area contributed by atoms with E-state index in [1.165, 1.54) is 0 Å². The van der Waals surface area contributed by atoms with Crippen LogP contribution in [0.4, 0.5) is 0 Å². The van der Waals surface area contributed by atoms with Crippen molar-refractivity contribution in [3.05, 3.63) is 58.8 Å². The van der Waals surface area contributed by atoms with E-state index >= 15 is 0 Å². The number of hydrogen-bond acceptors (Lipinski definition) is 7. The molecular weight excluding hydrogens is 472 g/mol. The number of carboxylic acid groups (broad SMARTS) is 1. The summed E-state index contributed by atoms with van der Waals surface area (Å²) in [6.07, 6.45) is 1.31. The van der Waals surface area contributed by atoms with E-state index in [-0.39, 0.29) is 42.0 Å². The lowest BCUT2D eigenvalue weighted by Crippen LogP contribution is -2.49. The number of hydrogen-bond donors (Lipinski definition) is 2. The number of amides is 1. The minimum absolute atomic E-state index is 0.0553. The number of nitrogens with zero attached hydrogens (tertiary/aromatic N) is 4. The summed E-state index contributed by atoms with van der Waals surface area (Å²) in [5.74, 6) is 5.10.